The van der Waals surface area contributed by atoms with Gasteiger partial charge in [-0.05, 0) is 60.4 Å². The van der Waals surface area contributed by atoms with Crippen LogP contribution in [0.5, 0.6) is 0 Å². The van der Waals surface area contributed by atoms with Gasteiger partial charge >= 0.3 is 0 Å². The smallest absolute Gasteiger partial charge is 0.114 e. The van der Waals surface area contributed by atoms with Crippen LogP contribution in [0.4, 0.5) is 0 Å². The second-order valence-corrected chi connectivity index (χ2v) is 9.88. The highest BCUT2D eigenvalue weighted by Gasteiger charge is 2.09. The Balaban J connectivity index is 1.13. The van der Waals surface area contributed by atoms with Crippen molar-refractivity contribution in [3.8, 4) is 34.6 Å². The zero-order chi connectivity index (χ0) is 27.9. The first-order valence-electron chi connectivity index (χ1n) is 13.5. The summed E-state index contributed by atoms with van der Waals surface area (Å²) in [5, 5.41) is 4.19. The highest BCUT2D eigenvalue weighted by atomic mass is 14.8. The van der Waals surface area contributed by atoms with Gasteiger partial charge in [0.15, 0.2) is 0 Å². The molecule has 0 bridgehead atoms. The van der Waals surface area contributed by atoms with Crippen LogP contribution >= 0.6 is 0 Å². The van der Waals surface area contributed by atoms with Crippen molar-refractivity contribution in [2.75, 3.05) is 0 Å². The van der Waals surface area contributed by atoms with Gasteiger partial charge in [-0.15, -0.1) is 0 Å². The van der Waals surface area contributed by atoms with Crippen LogP contribution in [0.25, 0.3) is 66.4 Å². The maximum Gasteiger partial charge on any atom is 0.114 e. The van der Waals surface area contributed by atoms with Crippen LogP contribution in [0, 0.1) is 11.8 Å². The molecule has 0 aliphatic carbocycles. The molecule has 0 unspecified atom stereocenters. The summed E-state index contributed by atoms with van der Waals surface area (Å²) in [4.78, 5) is 28.5. The van der Waals surface area contributed by atoms with E-state index < -0.39 is 0 Å². The molecule has 0 spiro atoms. The fourth-order valence-corrected chi connectivity index (χ4v) is 5.15. The van der Waals surface area contributed by atoms with Gasteiger partial charge < -0.3 is 0 Å². The van der Waals surface area contributed by atoms with Gasteiger partial charge in [0.25, 0.3) is 0 Å². The third-order valence-corrected chi connectivity index (χ3v) is 7.21. The van der Waals surface area contributed by atoms with Crippen molar-refractivity contribution in [3.63, 3.8) is 0 Å². The fourth-order valence-electron chi connectivity index (χ4n) is 5.15. The van der Waals surface area contributed by atoms with Crippen LogP contribution in [-0.4, -0.2) is 29.9 Å². The maximum atomic E-state index is 4.92. The predicted molar refractivity (Wildman–Crippen MR) is 167 cm³/mol. The molecule has 0 N–H and O–H groups in total. The van der Waals surface area contributed by atoms with Crippen LogP contribution in [0.1, 0.15) is 11.4 Å². The SMILES string of the molecule is C(#Cc1cccc(-c2ccc3ccc4cccnc4c3n2)n1)c1cccc(-c2ccc3ccc4cccnc4c3n2)n1. The molecule has 6 heteroatoms. The van der Waals surface area contributed by atoms with Gasteiger partial charge in [0, 0.05) is 33.9 Å². The molecule has 0 amide bonds. The number of benzene rings is 2. The zero-order valence-electron chi connectivity index (χ0n) is 22.2. The van der Waals surface area contributed by atoms with Crippen molar-refractivity contribution in [3.05, 3.63) is 133 Å². The Bertz CT molecular complexity index is 2220. The van der Waals surface area contributed by atoms with Crippen LogP contribution < -0.4 is 0 Å². The lowest BCUT2D eigenvalue weighted by molar-refractivity contribution is 1.24. The third kappa shape index (κ3) is 4.26. The van der Waals surface area contributed by atoms with E-state index in [9.17, 15) is 0 Å². The normalized spacial score (nSPS) is 11.1. The first kappa shape index (κ1) is 23.8. The van der Waals surface area contributed by atoms with E-state index >= 15 is 0 Å². The van der Waals surface area contributed by atoms with E-state index in [1.807, 2.05) is 72.8 Å². The molecule has 0 atom stereocenters. The van der Waals surface area contributed by atoms with Gasteiger partial charge in [-0.25, -0.2) is 19.9 Å². The summed E-state index contributed by atoms with van der Waals surface area (Å²) in [5.74, 6) is 6.35. The summed E-state index contributed by atoms with van der Waals surface area (Å²) in [6.07, 6.45) is 3.59. The monoisotopic (exact) mass is 536 g/mol. The van der Waals surface area contributed by atoms with Crippen LogP contribution in [0.15, 0.2) is 122 Å². The van der Waals surface area contributed by atoms with Gasteiger partial charge in [-0.3, -0.25) is 9.97 Å². The third-order valence-electron chi connectivity index (χ3n) is 7.21. The Hall–Kier alpha value is -6.06. The minimum atomic E-state index is 0.638. The first-order chi connectivity index (χ1) is 20.8. The topological polar surface area (TPSA) is 77.3 Å². The van der Waals surface area contributed by atoms with Gasteiger partial charge in [-0.2, -0.15) is 0 Å². The molecular weight excluding hydrogens is 516 g/mol. The van der Waals surface area contributed by atoms with E-state index in [0.29, 0.717) is 11.4 Å². The summed E-state index contributed by atoms with van der Waals surface area (Å²) in [6, 6.07) is 35.9. The van der Waals surface area contributed by atoms with Crippen LogP contribution in [0.3, 0.4) is 0 Å². The molecule has 0 radical (unpaired) electrons. The molecule has 42 heavy (non-hydrogen) atoms. The van der Waals surface area contributed by atoms with Crippen LogP contribution in [0.2, 0.25) is 0 Å². The van der Waals surface area contributed by atoms with Crippen molar-refractivity contribution in [1.29, 1.82) is 0 Å². The van der Waals surface area contributed by atoms with E-state index in [4.69, 9.17) is 19.9 Å². The number of pyridine rings is 6. The molecule has 0 fully saturated rings. The number of nitrogens with zero attached hydrogens (tertiary/aromatic N) is 6. The Kier molecular flexibility index (Phi) is 5.58. The van der Waals surface area contributed by atoms with E-state index in [0.717, 1.165) is 66.4 Å². The summed E-state index contributed by atoms with van der Waals surface area (Å²) >= 11 is 0. The molecule has 0 saturated carbocycles. The second kappa shape index (κ2) is 9.84. The van der Waals surface area contributed by atoms with Crippen molar-refractivity contribution in [2.45, 2.75) is 0 Å². The van der Waals surface area contributed by atoms with Gasteiger partial charge in [0.05, 0.1) is 44.8 Å². The Labute approximate surface area is 240 Å². The molecule has 0 saturated heterocycles. The molecule has 0 aliphatic rings. The van der Waals surface area contributed by atoms with Crippen molar-refractivity contribution in [2.24, 2.45) is 0 Å². The Morgan fingerprint density at radius 3 is 1.21 bits per heavy atom. The average molecular weight is 537 g/mol. The Morgan fingerprint density at radius 1 is 0.333 bits per heavy atom. The van der Waals surface area contributed by atoms with Crippen molar-refractivity contribution >= 4 is 43.6 Å². The predicted octanol–water partition coefficient (Wildman–Crippen LogP) is 7.40. The fraction of sp³-hybridized carbons (Fsp3) is 0. The standard InChI is InChI=1S/C36H20N6/c1-7-27(39-29(9-1)31-19-15-25-13-11-23-5-3-21-37-33(23)35(25)41-31)17-18-28-8-2-10-30(40-28)32-20-16-26-14-12-24-6-4-22-38-34(24)36(26)42-32/h1-16,19-22H. The van der Waals surface area contributed by atoms with Gasteiger partial charge in [0.2, 0.25) is 0 Å². The van der Waals surface area contributed by atoms with Crippen LogP contribution in [-0.2, 0) is 0 Å². The molecule has 6 nitrogen and oxygen atoms in total. The van der Waals surface area contributed by atoms with Gasteiger partial charge in [0.1, 0.15) is 11.4 Å². The molecule has 6 aromatic heterocycles. The van der Waals surface area contributed by atoms with Crippen molar-refractivity contribution in [1.82, 2.24) is 29.9 Å². The number of rotatable bonds is 2. The summed E-state index contributed by atoms with van der Waals surface area (Å²) in [5.41, 5.74) is 7.79. The molecule has 0 aliphatic heterocycles. The zero-order valence-corrected chi connectivity index (χ0v) is 22.2. The lowest BCUT2D eigenvalue weighted by Gasteiger charge is -2.06. The molecule has 6 heterocycles. The van der Waals surface area contributed by atoms with E-state index in [1.165, 1.54) is 0 Å². The minimum Gasteiger partial charge on any atom is -0.254 e. The number of fused-ring (bicyclic) bond motifs is 6. The highest BCUT2D eigenvalue weighted by molar-refractivity contribution is 6.04. The van der Waals surface area contributed by atoms with E-state index in [2.05, 4.69) is 58.2 Å². The van der Waals surface area contributed by atoms with Crippen molar-refractivity contribution < 1.29 is 0 Å². The van der Waals surface area contributed by atoms with E-state index in [-0.39, 0.29) is 0 Å². The Morgan fingerprint density at radius 2 is 0.738 bits per heavy atom. The average Bonchev–Trinajstić information content (AvgIpc) is 3.07. The first-order valence-corrected chi connectivity index (χ1v) is 13.5. The quantitative estimate of drug-likeness (QED) is 0.169. The molecule has 8 rings (SSSR count). The molecule has 194 valence electrons. The number of aromatic nitrogens is 6. The number of hydrogen-bond donors (Lipinski definition) is 0. The maximum absolute atomic E-state index is 4.92. The second-order valence-electron chi connectivity index (χ2n) is 9.88. The summed E-state index contributed by atoms with van der Waals surface area (Å²) in [7, 11) is 0. The molecular formula is C36H20N6. The minimum absolute atomic E-state index is 0.638. The van der Waals surface area contributed by atoms with E-state index in [1.54, 1.807) is 12.4 Å². The van der Waals surface area contributed by atoms with Gasteiger partial charge in [-0.1, -0.05) is 60.7 Å². The summed E-state index contributed by atoms with van der Waals surface area (Å²) < 4.78 is 0. The molecule has 2 aromatic carbocycles. The largest absolute Gasteiger partial charge is 0.254 e. The lowest BCUT2D eigenvalue weighted by atomic mass is 10.1. The highest BCUT2D eigenvalue weighted by Crippen LogP contribution is 2.27. The summed E-state index contributed by atoms with van der Waals surface area (Å²) in [6.45, 7) is 0. The molecule has 8 aromatic rings. The number of hydrogen-bond acceptors (Lipinski definition) is 6. The lowest BCUT2D eigenvalue weighted by Crippen LogP contribution is -1.93.